The largest absolute Gasteiger partial charge is 0.455 e. The summed E-state index contributed by atoms with van der Waals surface area (Å²) in [5, 5.41) is 4.70. The molecule has 8 aromatic carbocycles. The molecular formula is C46H31NO. The first-order valence-corrected chi connectivity index (χ1v) is 16.4. The van der Waals surface area contributed by atoms with Gasteiger partial charge in [0.25, 0.3) is 0 Å². The van der Waals surface area contributed by atoms with E-state index in [1.807, 2.05) is 12.1 Å². The van der Waals surface area contributed by atoms with Crippen LogP contribution in [0.15, 0.2) is 192 Å². The molecule has 0 fully saturated rings. The third kappa shape index (κ3) is 4.83. The van der Waals surface area contributed by atoms with Crippen LogP contribution in [0.1, 0.15) is 0 Å². The number of furan rings is 1. The van der Waals surface area contributed by atoms with Crippen molar-refractivity contribution in [3.8, 4) is 33.4 Å². The second-order valence-corrected chi connectivity index (χ2v) is 12.1. The molecule has 0 bridgehead atoms. The Morgan fingerprint density at radius 2 is 0.833 bits per heavy atom. The van der Waals surface area contributed by atoms with Crippen molar-refractivity contribution in [1.29, 1.82) is 0 Å². The third-order valence-electron chi connectivity index (χ3n) is 9.30. The van der Waals surface area contributed by atoms with Gasteiger partial charge in [-0.2, -0.15) is 0 Å². The molecule has 9 rings (SSSR count). The Morgan fingerprint density at radius 3 is 1.54 bits per heavy atom. The Bertz CT molecular complexity index is 2530. The van der Waals surface area contributed by atoms with Gasteiger partial charge in [-0.1, -0.05) is 152 Å². The summed E-state index contributed by atoms with van der Waals surface area (Å²) < 4.78 is 6.39. The monoisotopic (exact) mass is 613 g/mol. The average Bonchev–Trinajstić information content (AvgIpc) is 3.55. The molecule has 2 nitrogen and oxygen atoms in total. The van der Waals surface area contributed by atoms with Crippen molar-refractivity contribution in [3.05, 3.63) is 188 Å². The summed E-state index contributed by atoms with van der Waals surface area (Å²) in [6.45, 7) is 0. The number of hydrogen-bond donors (Lipinski definition) is 0. The molecule has 0 aliphatic carbocycles. The molecule has 0 amide bonds. The molecule has 0 aliphatic rings. The van der Waals surface area contributed by atoms with Gasteiger partial charge in [-0.3, -0.25) is 0 Å². The molecule has 0 radical (unpaired) electrons. The van der Waals surface area contributed by atoms with Gasteiger partial charge in [0.15, 0.2) is 0 Å². The minimum absolute atomic E-state index is 0.910. The van der Waals surface area contributed by atoms with Crippen molar-refractivity contribution in [2.24, 2.45) is 0 Å². The lowest BCUT2D eigenvalue weighted by Gasteiger charge is -2.28. The maximum absolute atomic E-state index is 6.39. The predicted molar refractivity (Wildman–Crippen MR) is 202 cm³/mol. The van der Waals surface area contributed by atoms with Gasteiger partial charge in [0.2, 0.25) is 0 Å². The van der Waals surface area contributed by atoms with Crippen LogP contribution < -0.4 is 4.90 Å². The van der Waals surface area contributed by atoms with E-state index >= 15 is 0 Å². The highest BCUT2D eigenvalue weighted by molar-refractivity contribution is 6.10. The van der Waals surface area contributed by atoms with Gasteiger partial charge in [-0.05, 0) is 69.6 Å². The van der Waals surface area contributed by atoms with Crippen LogP contribution in [-0.2, 0) is 0 Å². The Hall–Kier alpha value is -6.38. The lowest BCUT2D eigenvalue weighted by Crippen LogP contribution is -2.10. The number of benzene rings is 8. The summed E-state index contributed by atoms with van der Waals surface area (Å²) in [7, 11) is 0. The third-order valence-corrected chi connectivity index (χ3v) is 9.30. The second kappa shape index (κ2) is 11.8. The van der Waals surface area contributed by atoms with E-state index in [1.165, 1.54) is 33.0 Å². The van der Waals surface area contributed by atoms with E-state index in [0.717, 1.165) is 50.1 Å². The van der Waals surface area contributed by atoms with Crippen molar-refractivity contribution in [3.63, 3.8) is 0 Å². The molecule has 1 heterocycles. The zero-order valence-electron chi connectivity index (χ0n) is 26.3. The highest BCUT2D eigenvalue weighted by Crippen LogP contribution is 2.43. The first-order valence-electron chi connectivity index (χ1n) is 16.4. The fourth-order valence-electron chi connectivity index (χ4n) is 6.97. The molecule has 2 heteroatoms. The molecular weight excluding hydrogens is 583 g/mol. The smallest absolute Gasteiger partial charge is 0.143 e. The molecule has 0 N–H and O–H groups in total. The highest BCUT2D eigenvalue weighted by atomic mass is 16.3. The van der Waals surface area contributed by atoms with Crippen molar-refractivity contribution in [2.45, 2.75) is 0 Å². The molecule has 0 saturated heterocycles. The first kappa shape index (κ1) is 27.9. The standard InChI is InChI=1S/C46H31NO/c1-3-12-32(13-4-1)33-22-26-36(27-23-33)47(44-31-30-38(34-14-5-2-6-15-34)40-16-7-8-17-41(40)44)37-28-24-35(25-29-37)39-19-11-20-43-42-18-9-10-21-45(42)48-46(39)43/h1-31H. The van der Waals surface area contributed by atoms with Crippen LogP contribution in [0.5, 0.6) is 0 Å². The molecule has 0 atom stereocenters. The fraction of sp³-hybridized carbons (Fsp3) is 0. The maximum atomic E-state index is 6.39. The van der Waals surface area contributed by atoms with Crippen molar-refractivity contribution < 1.29 is 4.42 Å². The van der Waals surface area contributed by atoms with Gasteiger partial charge in [0, 0.05) is 33.1 Å². The normalized spacial score (nSPS) is 11.3. The molecule has 0 unspecified atom stereocenters. The van der Waals surface area contributed by atoms with Crippen molar-refractivity contribution in [1.82, 2.24) is 0 Å². The topological polar surface area (TPSA) is 16.4 Å². The van der Waals surface area contributed by atoms with Gasteiger partial charge >= 0.3 is 0 Å². The van der Waals surface area contributed by atoms with E-state index in [0.29, 0.717) is 0 Å². The number of anilines is 3. The van der Waals surface area contributed by atoms with Gasteiger partial charge in [0.05, 0.1) is 5.69 Å². The lowest BCUT2D eigenvalue weighted by atomic mass is 9.96. The molecule has 48 heavy (non-hydrogen) atoms. The van der Waals surface area contributed by atoms with E-state index in [-0.39, 0.29) is 0 Å². The zero-order valence-corrected chi connectivity index (χ0v) is 26.3. The van der Waals surface area contributed by atoms with Crippen LogP contribution in [0.4, 0.5) is 17.1 Å². The summed E-state index contributed by atoms with van der Waals surface area (Å²) in [5.41, 5.74) is 12.2. The number of rotatable bonds is 6. The Labute approximate surface area is 279 Å². The van der Waals surface area contributed by atoms with Crippen LogP contribution in [0, 0.1) is 0 Å². The van der Waals surface area contributed by atoms with Crippen molar-refractivity contribution >= 4 is 49.8 Å². The van der Waals surface area contributed by atoms with Crippen LogP contribution in [0.25, 0.3) is 66.1 Å². The summed E-state index contributed by atoms with van der Waals surface area (Å²) in [4.78, 5) is 2.37. The average molecular weight is 614 g/mol. The number of para-hydroxylation sites is 2. The number of hydrogen-bond acceptors (Lipinski definition) is 2. The van der Waals surface area contributed by atoms with E-state index in [2.05, 4.69) is 181 Å². The van der Waals surface area contributed by atoms with Crippen LogP contribution >= 0.6 is 0 Å². The Balaban J connectivity index is 1.19. The van der Waals surface area contributed by atoms with E-state index < -0.39 is 0 Å². The highest BCUT2D eigenvalue weighted by Gasteiger charge is 2.18. The predicted octanol–water partition coefficient (Wildman–Crippen LogP) is 13.2. The minimum Gasteiger partial charge on any atom is -0.455 e. The molecule has 9 aromatic rings. The summed E-state index contributed by atoms with van der Waals surface area (Å²) in [6, 6.07) is 66.9. The quantitative estimate of drug-likeness (QED) is 0.185. The molecule has 0 aliphatic heterocycles. The fourth-order valence-corrected chi connectivity index (χ4v) is 6.97. The molecule has 0 spiro atoms. The van der Waals surface area contributed by atoms with E-state index in [1.54, 1.807) is 0 Å². The second-order valence-electron chi connectivity index (χ2n) is 12.1. The molecule has 1 aromatic heterocycles. The van der Waals surface area contributed by atoms with Crippen molar-refractivity contribution in [2.75, 3.05) is 4.90 Å². The van der Waals surface area contributed by atoms with E-state index in [9.17, 15) is 0 Å². The number of fused-ring (bicyclic) bond motifs is 4. The number of nitrogens with zero attached hydrogens (tertiary/aromatic N) is 1. The maximum Gasteiger partial charge on any atom is 0.143 e. The Kier molecular flexibility index (Phi) is 6.84. The van der Waals surface area contributed by atoms with E-state index in [4.69, 9.17) is 4.42 Å². The summed E-state index contributed by atoms with van der Waals surface area (Å²) >= 11 is 0. The van der Waals surface area contributed by atoms with Gasteiger partial charge < -0.3 is 9.32 Å². The van der Waals surface area contributed by atoms with Crippen LogP contribution in [0.2, 0.25) is 0 Å². The molecule has 0 saturated carbocycles. The first-order chi connectivity index (χ1) is 23.8. The minimum atomic E-state index is 0.910. The van der Waals surface area contributed by atoms with Gasteiger partial charge in [-0.15, -0.1) is 0 Å². The molecule has 226 valence electrons. The summed E-state index contributed by atoms with van der Waals surface area (Å²) in [5.74, 6) is 0. The summed E-state index contributed by atoms with van der Waals surface area (Å²) in [6.07, 6.45) is 0. The van der Waals surface area contributed by atoms with Crippen LogP contribution in [-0.4, -0.2) is 0 Å². The SMILES string of the molecule is c1ccc(-c2ccc(N(c3ccc(-c4cccc5c4oc4ccccc45)cc3)c3ccc(-c4ccccc4)c4ccccc34)cc2)cc1. The van der Waals surface area contributed by atoms with Crippen LogP contribution in [0.3, 0.4) is 0 Å². The zero-order chi connectivity index (χ0) is 31.9. The lowest BCUT2D eigenvalue weighted by molar-refractivity contribution is 0.670. The Morgan fingerprint density at radius 1 is 0.312 bits per heavy atom. The van der Waals surface area contributed by atoms with Gasteiger partial charge in [-0.25, -0.2) is 0 Å². The van der Waals surface area contributed by atoms with Gasteiger partial charge in [0.1, 0.15) is 11.2 Å².